The number of aromatic nitrogens is 3. The van der Waals surface area contributed by atoms with E-state index < -0.39 is 13.7 Å². The third kappa shape index (κ3) is 5.84. The molecule has 11 heteroatoms. The number of ether oxygens (including phenoxy) is 2. The highest BCUT2D eigenvalue weighted by molar-refractivity contribution is 14.1. The van der Waals surface area contributed by atoms with Gasteiger partial charge in [-0.25, -0.2) is 0 Å². The van der Waals surface area contributed by atoms with E-state index in [-0.39, 0.29) is 30.1 Å². The molecule has 0 radical (unpaired) electrons. The van der Waals surface area contributed by atoms with Crippen LogP contribution in [-0.4, -0.2) is 53.9 Å². The number of fused-ring (bicyclic) bond motifs is 2. The molecule has 0 saturated carbocycles. The number of aryl methyl sites for hydroxylation is 1. The molecule has 0 unspecified atom stereocenters. The lowest BCUT2D eigenvalue weighted by Gasteiger charge is -2.37. The Hall–Kier alpha value is -2.77. The summed E-state index contributed by atoms with van der Waals surface area (Å²) in [5.74, 6) is 0.652. The summed E-state index contributed by atoms with van der Waals surface area (Å²) in [6.45, 7) is 8.00. The van der Waals surface area contributed by atoms with Crippen molar-refractivity contribution in [1.29, 1.82) is 0 Å². The van der Waals surface area contributed by atoms with Crippen molar-refractivity contribution in [3.63, 3.8) is 0 Å². The summed E-state index contributed by atoms with van der Waals surface area (Å²) in [7, 11) is -0.602. The van der Waals surface area contributed by atoms with Crippen LogP contribution in [0.3, 0.4) is 0 Å². The normalized spacial score (nSPS) is 22.8. The molecule has 1 aromatic heterocycles. The Labute approximate surface area is 283 Å². The maximum Gasteiger partial charge on any atom is 0.264 e. The number of anilines is 1. The van der Waals surface area contributed by atoms with Gasteiger partial charge in [-0.2, -0.15) is 0 Å². The molecule has 1 N–H and O–H groups in total. The lowest BCUT2D eigenvalue weighted by molar-refractivity contribution is -0.146. The summed E-state index contributed by atoms with van der Waals surface area (Å²) in [4.78, 5) is 16.8. The molecule has 1 spiro atoms. The summed E-state index contributed by atoms with van der Waals surface area (Å²) in [5, 5.41) is 19.7. The van der Waals surface area contributed by atoms with Crippen molar-refractivity contribution in [3.05, 3.63) is 98.3 Å². The van der Waals surface area contributed by atoms with E-state index in [0.29, 0.717) is 31.0 Å². The van der Waals surface area contributed by atoms with Crippen LogP contribution in [0.5, 0.6) is 5.75 Å². The monoisotopic (exact) mass is 756 g/mol. The summed E-state index contributed by atoms with van der Waals surface area (Å²) < 4.78 is 15.6. The topological polar surface area (TPSA) is 89.7 Å². The molecule has 45 heavy (non-hydrogen) atoms. The standard InChI is InChI=1S/C34H38ClIN4O4Si/c1-22-32(45(3,4)28-11-9-27(43-2)10-12-28)31(14-16-39-21-26(15-17-41)37-38-39)44-34(22)29-19-24(35)8-13-30(29)40(33(34)42)20-23-6-5-7-25(36)18-23/h5-13,18-19,21-22,31-32,41H,14-17,20H2,1-4H3/t22-,31+,32-,34+/m1/s1. The van der Waals surface area contributed by atoms with Crippen LogP contribution < -0.4 is 14.8 Å². The zero-order chi connectivity index (χ0) is 31.9. The highest BCUT2D eigenvalue weighted by atomic mass is 127. The van der Waals surface area contributed by atoms with E-state index in [2.05, 4.69) is 83.3 Å². The van der Waals surface area contributed by atoms with Gasteiger partial charge in [-0.05, 0) is 82.6 Å². The molecule has 0 aliphatic carbocycles. The van der Waals surface area contributed by atoms with Gasteiger partial charge in [0.2, 0.25) is 0 Å². The van der Waals surface area contributed by atoms with Gasteiger partial charge in [0.15, 0.2) is 5.60 Å². The summed E-state index contributed by atoms with van der Waals surface area (Å²) in [6, 6.07) is 22.4. The molecule has 6 rings (SSSR count). The fourth-order valence-electron chi connectivity index (χ4n) is 7.47. The molecular weight excluding hydrogens is 719 g/mol. The van der Waals surface area contributed by atoms with Crippen molar-refractivity contribution in [1.82, 2.24) is 15.0 Å². The molecule has 8 nitrogen and oxygen atoms in total. The van der Waals surface area contributed by atoms with Crippen LogP contribution in [0, 0.1) is 9.49 Å². The van der Waals surface area contributed by atoms with Crippen molar-refractivity contribution in [3.8, 4) is 5.75 Å². The molecule has 2 aliphatic heterocycles. The van der Waals surface area contributed by atoms with Gasteiger partial charge in [0, 0.05) is 45.8 Å². The number of aliphatic hydroxyl groups excluding tert-OH is 1. The Morgan fingerprint density at radius 1 is 1.13 bits per heavy atom. The van der Waals surface area contributed by atoms with Gasteiger partial charge in [0.25, 0.3) is 5.91 Å². The number of carbonyl (C=O) groups excluding carboxylic acids is 1. The van der Waals surface area contributed by atoms with Gasteiger partial charge in [0.1, 0.15) is 5.75 Å². The Morgan fingerprint density at radius 3 is 2.62 bits per heavy atom. The average Bonchev–Trinajstić information content (AvgIpc) is 3.66. The van der Waals surface area contributed by atoms with Crippen molar-refractivity contribution in [2.75, 3.05) is 18.6 Å². The number of aliphatic hydroxyl groups is 1. The SMILES string of the molecule is COc1ccc([Si](C)(C)[C@H]2[C@H](CCn3cc(CCO)nn3)O[C@@]3(C(=O)N(Cc4cccc(I)c4)c4ccc(Cl)cc43)[C@@H]2C)cc1. The van der Waals surface area contributed by atoms with Crippen LogP contribution in [0.2, 0.25) is 23.7 Å². The van der Waals surface area contributed by atoms with Gasteiger partial charge in [-0.1, -0.05) is 66.3 Å². The number of methoxy groups -OCH3 is 1. The first kappa shape index (κ1) is 32.2. The van der Waals surface area contributed by atoms with Crippen LogP contribution in [0.4, 0.5) is 5.69 Å². The minimum absolute atomic E-state index is 0.0247. The van der Waals surface area contributed by atoms with Crippen molar-refractivity contribution < 1.29 is 19.4 Å². The number of hydrogen-bond acceptors (Lipinski definition) is 6. The molecule has 236 valence electrons. The van der Waals surface area contributed by atoms with Gasteiger partial charge in [-0.3, -0.25) is 9.48 Å². The largest absolute Gasteiger partial charge is 0.497 e. The number of carbonyl (C=O) groups is 1. The predicted octanol–water partition coefficient (Wildman–Crippen LogP) is 5.93. The van der Waals surface area contributed by atoms with E-state index in [4.69, 9.17) is 21.1 Å². The van der Waals surface area contributed by atoms with Crippen LogP contribution in [0.15, 0.2) is 72.9 Å². The molecule has 1 amide bonds. The Morgan fingerprint density at radius 2 is 1.91 bits per heavy atom. The van der Waals surface area contributed by atoms with Crippen LogP contribution in [0.1, 0.15) is 30.2 Å². The first-order valence-corrected chi connectivity index (χ1v) is 19.8. The lowest BCUT2D eigenvalue weighted by Crippen LogP contribution is -2.51. The highest BCUT2D eigenvalue weighted by Crippen LogP contribution is 2.60. The molecule has 0 bridgehead atoms. The summed E-state index contributed by atoms with van der Waals surface area (Å²) in [5.41, 5.74) is 2.43. The molecule has 3 aromatic carbocycles. The van der Waals surface area contributed by atoms with Gasteiger partial charge in [0.05, 0.1) is 39.2 Å². The first-order chi connectivity index (χ1) is 21.6. The summed E-state index contributed by atoms with van der Waals surface area (Å²) in [6.07, 6.45) is 2.78. The maximum absolute atomic E-state index is 14.9. The number of hydrogen-bond donors (Lipinski definition) is 1. The Kier molecular flexibility index (Phi) is 9.14. The van der Waals surface area contributed by atoms with E-state index in [0.717, 1.165) is 31.8 Å². The van der Waals surface area contributed by atoms with Gasteiger partial charge in [-0.15, -0.1) is 5.10 Å². The lowest BCUT2D eigenvalue weighted by atomic mass is 9.82. The molecule has 2 aliphatic rings. The molecule has 3 heterocycles. The van der Waals surface area contributed by atoms with Crippen LogP contribution >= 0.6 is 34.2 Å². The number of nitrogens with zero attached hydrogens (tertiary/aromatic N) is 4. The van der Waals surface area contributed by atoms with Crippen LogP contribution in [-0.2, 0) is 34.6 Å². The van der Waals surface area contributed by atoms with E-state index in [1.807, 2.05) is 52.2 Å². The van der Waals surface area contributed by atoms with E-state index in [1.54, 1.807) is 7.11 Å². The highest BCUT2D eigenvalue weighted by Gasteiger charge is 2.66. The number of rotatable bonds is 10. The minimum Gasteiger partial charge on any atom is -0.497 e. The number of halogens is 2. The number of amides is 1. The molecular formula is C34H38ClIN4O4Si. The molecule has 1 fully saturated rings. The van der Waals surface area contributed by atoms with E-state index >= 15 is 0 Å². The van der Waals surface area contributed by atoms with Crippen molar-refractivity contribution in [2.45, 2.75) is 63.2 Å². The second-order valence-corrected chi connectivity index (χ2v) is 18.9. The van der Waals surface area contributed by atoms with Crippen molar-refractivity contribution in [2.24, 2.45) is 5.92 Å². The smallest absolute Gasteiger partial charge is 0.264 e. The van der Waals surface area contributed by atoms with E-state index in [9.17, 15) is 9.90 Å². The maximum atomic E-state index is 14.9. The third-order valence-corrected chi connectivity index (χ3v) is 14.9. The van der Waals surface area contributed by atoms with Crippen molar-refractivity contribution >= 4 is 59.0 Å². The second kappa shape index (κ2) is 12.8. The minimum atomic E-state index is -2.28. The van der Waals surface area contributed by atoms with Gasteiger partial charge >= 0.3 is 0 Å². The van der Waals surface area contributed by atoms with E-state index in [1.165, 1.54) is 5.19 Å². The fourth-order valence-corrected chi connectivity index (χ4v) is 12.3. The predicted molar refractivity (Wildman–Crippen MR) is 187 cm³/mol. The fraction of sp³-hybridized carbons (Fsp3) is 0.382. The first-order valence-electron chi connectivity index (χ1n) is 15.3. The average molecular weight is 757 g/mol. The zero-order valence-electron chi connectivity index (χ0n) is 25.9. The quantitative estimate of drug-likeness (QED) is 0.160. The molecule has 4 aromatic rings. The van der Waals surface area contributed by atoms with Gasteiger partial charge < -0.3 is 19.5 Å². The third-order valence-electron chi connectivity index (χ3n) is 9.62. The molecule has 1 saturated heterocycles. The zero-order valence-corrected chi connectivity index (χ0v) is 29.8. The number of benzene rings is 3. The Bertz CT molecular complexity index is 1700. The summed E-state index contributed by atoms with van der Waals surface area (Å²) >= 11 is 8.95. The second-order valence-electron chi connectivity index (χ2n) is 12.6. The Balaban J connectivity index is 1.42. The van der Waals surface area contributed by atoms with Crippen LogP contribution in [0.25, 0.3) is 0 Å². The molecule has 4 atom stereocenters.